The van der Waals surface area contributed by atoms with Crippen molar-refractivity contribution in [3.63, 3.8) is 0 Å². The highest BCUT2D eigenvalue weighted by Crippen LogP contribution is 2.27. The first-order chi connectivity index (χ1) is 12.5. The summed E-state index contributed by atoms with van der Waals surface area (Å²) in [5, 5.41) is 8.48. The third kappa shape index (κ3) is 3.65. The lowest BCUT2D eigenvalue weighted by atomic mass is 10.2. The number of carbonyl (C=O) groups is 2. The smallest absolute Gasteiger partial charge is 0.348 e. The molecule has 134 valence electrons. The Balaban J connectivity index is 1.76. The number of aryl methyl sites for hydroxylation is 1. The number of carbonyl (C=O) groups excluding carboxylic acids is 2. The summed E-state index contributed by atoms with van der Waals surface area (Å²) in [7, 11) is 0. The molecule has 2 aromatic heterocycles. The van der Waals surface area contributed by atoms with Gasteiger partial charge in [0, 0.05) is 5.39 Å². The molecule has 0 radical (unpaired) electrons. The van der Waals surface area contributed by atoms with Crippen LogP contribution in [0.15, 0.2) is 41.3 Å². The van der Waals surface area contributed by atoms with Gasteiger partial charge in [0.05, 0.1) is 23.2 Å². The third-order valence-corrected chi connectivity index (χ3v) is 4.83. The topological polar surface area (TPSA) is 90.3 Å². The molecule has 26 heavy (non-hydrogen) atoms. The average molecular weight is 371 g/mol. The van der Waals surface area contributed by atoms with Gasteiger partial charge >= 0.3 is 5.97 Å². The number of anilines is 1. The second-order valence-corrected chi connectivity index (χ2v) is 6.64. The number of rotatable bonds is 5. The molecule has 1 N–H and O–H groups in total. The second-order valence-electron chi connectivity index (χ2n) is 5.59. The maximum absolute atomic E-state index is 12.4. The number of ether oxygens (including phenoxy) is 1. The van der Waals surface area contributed by atoms with Crippen molar-refractivity contribution < 1.29 is 14.3 Å². The molecule has 0 spiro atoms. The van der Waals surface area contributed by atoms with Crippen molar-refractivity contribution in [3.05, 3.63) is 57.3 Å². The highest BCUT2D eigenvalue weighted by atomic mass is 32.1. The Labute approximate surface area is 153 Å². The molecule has 3 rings (SSSR count). The van der Waals surface area contributed by atoms with Gasteiger partial charge in [-0.05, 0) is 31.5 Å². The number of amides is 1. The van der Waals surface area contributed by atoms with Crippen LogP contribution in [0, 0.1) is 6.92 Å². The van der Waals surface area contributed by atoms with E-state index in [0.29, 0.717) is 15.3 Å². The Bertz CT molecular complexity index is 1040. The van der Waals surface area contributed by atoms with Crippen LogP contribution >= 0.6 is 11.3 Å². The molecule has 8 heteroatoms. The van der Waals surface area contributed by atoms with Crippen LogP contribution in [0.4, 0.5) is 5.00 Å². The number of aromatic nitrogens is 2. The fourth-order valence-electron chi connectivity index (χ4n) is 2.50. The Hall–Kier alpha value is -3.00. The van der Waals surface area contributed by atoms with E-state index in [0.717, 1.165) is 27.0 Å². The summed E-state index contributed by atoms with van der Waals surface area (Å²) in [6.07, 6.45) is 1.55. The van der Waals surface area contributed by atoms with Crippen molar-refractivity contribution in [2.75, 3.05) is 11.9 Å². The van der Waals surface area contributed by atoms with E-state index in [9.17, 15) is 14.4 Å². The molecule has 2 heterocycles. The van der Waals surface area contributed by atoms with Crippen molar-refractivity contribution in [3.8, 4) is 0 Å². The zero-order valence-electron chi connectivity index (χ0n) is 14.3. The van der Waals surface area contributed by atoms with E-state index in [1.165, 1.54) is 0 Å². The molecule has 7 nitrogen and oxygen atoms in total. The van der Waals surface area contributed by atoms with Gasteiger partial charge < -0.3 is 10.1 Å². The number of hydrogen-bond acceptors (Lipinski definition) is 6. The maximum Gasteiger partial charge on any atom is 0.348 e. The van der Waals surface area contributed by atoms with Gasteiger partial charge in [0.1, 0.15) is 11.4 Å². The molecule has 0 bridgehead atoms. The lowest BCUT2D eigenvalue weighted by Crippen LogP contribution is -2.29. The van der Waals surface area contributed by atoms with Crippen LogP contribution in [0.3, 0.4) is 0 Å². The minimum absolute atomic E-state index is 0.213. The quantitative estimate of drug-likeness (QED) is 0.696. The van der Waals surface area contributed by atoms with Crippen LogP contribution in [-0.4, -0.2) is 28.3 Å². The zero-order valence-corrected chi connectivity index (χ0v) is 15.1. The molecule has 0 atom stereocenters. The lowest BCUT2D eigenvalue weighted by Gasteiger charge is -2.06. The number of hydrogen-bond donors (Lipinski definition) is 1. The van der Waals surface area contributed by atoms with E-state index >= 15 is 0 Å². The van der Waals surface area contributed by atoms with Gasteiger partial charge in [0.25, 0.3) is 5.56 Å². The molecule has 0 aliphatic heterocycles. The summed E-state index contributed by atoms with van der Waals surface area (Å²) in [4.78, 5) is 37.0. The Kier molecular flexibility index (Phi) is 5.13. The first-order valence-corrected chi connectivity index (χ1v) is 8.83. The van der Waals surface area contributed by atoms with Crippen LogP contribution in [0.5, 0.6) is 0 Å². The summed E-state index contributed by atoms with van der Waals surface area (Å²) in [5.74, 6) is -0.811. The first-order valence-electron chi connectivity index (χ1n) is 8.02. The number of nitrogens with one attached hydrogen (secondary N) is 1. The number of thiophene rings is 1. The van der Waals surface area contributed by atoms with Gasteiger partial charge in [-0.25, -0.2) is 9.48 Å². The predicted molar refractivity (Wildman–Crippen MR) is 99.6 cm³/mol. The van der Waals surface area contributed by atoms with Gasteiger partial charge in [-0.15, -0.1) is 11.3 Å². The van der Waals surface area contributed by atoms with Crippen molar-refractivity contribution in [1.82, 2.24) is 9.78 Å². The fourth-order valence-corrected chi connectivity index (χ4v) is 3.48. The number of fused-ring (bicyclic) bond motifs is 1. The largest absolute Gasteiger partial charge is 0.462 e. The maximum atomic E-state index is 12.4. The van der Waals surface area contributed by atoms with Crippen molar-refractivity contribution in [1.29, 1.82) is 0 Å². The van der Waals surface area contributed by atoms with E-state index in [2.05, 4.69) is 10.4 Å². The highest BCUT2D eigenvalue weighted by Gasteiger charge is 2.16. The SMILES string of the molecule is CCOC(=O)c1sc(NC(=O)Cn2ncc3ccccc3c2=O)cc1C. The first kappa shape index (κ1) is 17.8. The number of benzene rings is 1. The Morgan fingerprint density at radius 1 is 1.31 bits per heavy atom. The second kappa shape index (κ2) is 7.49. The van der Waals surface area contributed by atoms with Crippen LogP contribution in [0.25, 0.3) is 10.8 Å². The van der Waals surface area contributed by atoms with Crippen LogP contribution in [0.1, 0.15) is 22.2 Å². The minimum atomic E-state index is -0.414. The Morgan fingerprint density at radius 3 is 2.85 bits per heavy atom. The van der Waals surface area contributed by atoms with Crippen molar-refractivity contribution in [2.24, 2.45) is 0 Å². The molecule has 1 amide bonds. The predicted octanol–water partition coefficient (Wildman–Crippen LogP) is 2.58. The standard InChI is InChI=1S/C18H17N3O4S/c1-3-25-18(24)16-11(2)8-15(26-16)20-14(22)10-21-17(23)13-7-5-4-6-12(13)9-19-21/h4-9H,3,10H2,1-2H3,(H,20,22). The van der Waals surface area contributed by atoms with Crippen LogP contribution in [0.2, 0.25) is 0 Å². The van der Waals surface area contributed by atoms with Crippen molar-refractivity contribution in [2.45, 2.75) is 20.4 Å². The van der Waals surface area contributed by atoms with Crippen LogP contribution < -0.4 is 10.9 Å². The summed E-state index contributed by atoms with van der Waals surface area (Å²) < 4.78 is 6.10. The Morgan fingerprint density at radius 2 is 2.08 bits per heavy atom. The van der Waals surface area contributed by atoms with Crippen molar-refractivity contribution >= 4 is 39.0 Å². The molecule has 0 saturated carbocycles. The van der Waals surface area contributed by atoms with Gasteiger partial charge in [-0.3, -0.25) is 9.59 Å². The summed E-state index contributed by atoms with van der Waals surface area (Å²) in [6, 6.07) is 8.77. The van der Waals surface area contributed by atoms with E-state index in [1.54, 1.807) is 44.3 Å². The summed E-state index contributed by atoms with van der Waals surface area (Å²) in [6.45, 7) is 3.58. The normalized spacial score (nSPS) is 10.7. The minimum Gasteiger partial charge on any atom is -0.462 e. The van der Waals surface area contributed by atoms with E-state index in [-0.39, 0.29) is 18.7 Å². The van der Waals surface area contributed by atoms with E-state index in [4.69, 9.17) is 4.74 Å². The molecule has 0 saturated heterocycles. The lowest BCUT2D eigenvalue weighted by molar-refractivity contribution is -0.116. The molecule has 1 aromatic carbocycles. The van der Waals surface area contributed by atoms with Gasteiger partial charge in [-0.1, -0.05) is 18.2 Å². The third-order valence-electron chi connectivity index (χ3n) is 3.70. The molecule has 3 aromatic rings. The monoisotopic (exact) mass is 371 g/mol. The van der Waals surface area contributed by atoms with Gasteiger partial charge in [0.15, 0.2) is 0 Å². The highest BCUT2D eigenvalue weighted by molar-refractivity contribution is 7.18. The van der Waals surface area contributed by atoms with E-state index in [1.807, 2.05) is 6.07 Å². The van der Waals surface area contributed by atoms with E-state index < -0.39 is 11.9 Å². The fraction of sp³-hybridized carbons (Fsp3) is 0.222. The zero-order chi connectivity index (χ0) is 18.7. The molecular weight excluding hydrogens is 354 g/mol. The molecular formula is C18H17N3O4S. The molecule has 0 aliphatic rings. The summed E-state index contributed by atoms with van der Waals surface area (Å²) in [5.41, 5.74) is 0.401. The van der Waals surface area contributed by atoms with Crippen LogP contribution in [-0.2, 0) is 16.1 Å². The number of esters is 1. The summed E-state index contributed by atoms with van der Waals surface area (Å²) >= 11 is 1.14. The average Bonchev–Trinajstić information content (AvgIpc) is 2.98. The van der Waals surface area contributed by atoms with Gasteiger partial charge in [-0.2, -0.15) is 5.10 Å². The molecule has 0 aliphatic carbocycles. The molecule has 0 unspecified atom stereocenters. The molecule has 0 fully saturated rings. The number of nitrogens with zero attached hydrogens (tertiary/aromatic N) is 2. The van der Waals surface area contributed by atoms with Gasteiger partial charge in [0.2, 0.25) is 5.91 Å².